The Morgan fingerprint density at radius 2 is 2.11 bits per heavy atom. The Morgan fingerprint density at radius 1 is 1.39 bits per heavy atom. The first-order valence-electron chi connectivity index (χ1n) is 6.05. The van der Waals surface area contributed by atoms with Crippen molar-refractivity contribution in [1.82, 2.24) is 10.3 Å². The van der Waals surface area contributed by atoms with Gasteiger partial charge in [-0.25, -0.2) is 4.98 Å². The van der Waals surface area contributed by atoms with E-state index in [9.17, 15) is 0 Å². The third-order valence-electron chi connectivity index (χ3n) is 3.00. The Balaban J connectivity index is 2.42. The fourth-order valence-electron chi connectivity index (χ4n) is 2.02. The first-order chi connectivity index (χ1) is 8.67. The maximum Gasteiger partial charge on any atom is 0.115 e. The fraction of sp³-hybridized carbons (Fsp3) is 0.357. The van der Waals surface area contributed by atoms with Crippen molar-refractivity contribution < 1.29 is 0 Å². The summed E-state index contributed by atoms with van der Waals surface area (Å²) in [4.78, 5) is 6.07. The third-order valence-corrected chi connectivity index (χ3v) is 4.80. The van der Waals surface area contributed by atoms with E-state index in [2.05, 4.69) is 53.3 Å². The normalized spacial score (nSPS) is 12.7. The maximum atomic E-state index is 4.75. The van der Waals surface area contributed by atoms with Gasteiger partial charge < -0.3 is 5.32 Å². The predicted octanol–water partition coefficient (Wildman–Crippen LogP) is 4.09. The molecule has 1 aromatic carbocycles. The van der Waals surface area contributed by atoms with Crippen LogP contribution in [0.2, 0.25) is 0 Å². The van der Waals surface area contributed by atoms with Gasteiger partial charge in [-0.2, -0.15) is 0 Å². The van der Waals surface area contributed by atoms with Gasteiger partial charge in [-0.1, -0.05) is 41.1 Å². The molecule has 4 heteroatoms. The van der Waals surface area contributed by atoms with Gasteiger partial charge in [-0.3, -0.25) is 0 Å². The molecule has 0 aliphatic rings. The van der Waals surface area contributed by atoms with Crippen LogP contribution >= 0.6 is 27.3 Å². The molecule has 0 amide bonds. The largest absolute Gasteiger partial charge is 0.307 e. The summed E-state index contributed by atoms with van der Waals surface area (Å²) in [5, 5.41) is 4.50. The molecule has 0 aliphatic carbocycles. The number of benzene rings is 1. The SMILES string of the molecule is CCc1nc(C(NC)c2ccccc2Br)sc1C. The molecule has 0 bridgehead atoms. The second-order valence-electron chi connectivity index (χ2n) is 4.15. The van der Waals surface area contributed by atoms with Crippen LogP contribution < -0.4 is 5.32 Å². The predicted molar refractivity (Wildman–Crippen MR) is 81.3 cm³/mol. The Labute approximate surface area is 121 Å². The van der Waals surface area contributed by atoms with Crippen LogP contribution in [-0.4, -0.2) is 12.0 Å². The van der Waals surface area contributed by atoms with Crippen LogP contribution in [0.5, 0.6) is 0 Å². The van der Waals surface area contributed by atoms with E-state index in [4.69, 9.17) is 4.98 Å². The number of aryl methyl sites for hydroxylation is 2. The van der Waals surface area contributed by atoms with Crippen LogP contribution in [0.1, 0.15) is 34.1 Å². The van der Waals surface area contributed by atoms with Gasteiger partial charge in [-0.05, 0) is 32.0 Å². The van der Waals surface area contributed by atoms with E-state index >= 15 is 0 Å². The molecule has 0 fully saturated rings. The first kappa shape index (κ1) is 13.7. The molecule has 1 N–H and O–H groups in total. The van der Waals surface area contributed by atoms with Gasteiger partial charge >= 0.3 is 0 Å². The minimum Gasteiger partial charge on any atom is -0.307 e. The molecule has 0 spiro atoms. The second kappa shape index (κ2) is 5.95. The molecule has 0 radical (unpaired) electrons. The van der Waals surface area contributed by atoms with Crippen LogP contribution in [0.25, 0.3) is 0 Å². The molecule has 0 aliphatic heterocycles. The van der Waals surface area contributed by atoms with Crippen LogP contribution in [0.15, 0.2) is 28.7 Å². The first-order valence-corrected chi connectivity index (χ1v) is 7.66. The topological polar surface area (TPSA) is 24.9 Å². The molecular formula is C14H17BrN2S. The van der Waals surface area contributed by atoms with Gasteiger partial charge in [0.1, 0.15) is 5.01 Å². The molecule has 1 unspecified atom stereocenters. The summed E-state index contributed by atoms with van der Waals surface area (Å²) in [6.07, 6.45) is 0.995. The van der Waals surface area contributed by atoms with Gasteiger partial charge in [0.05, 0.1) is 11.7 Å². The molecular weight excluding hydrogens is 308 g/mol. The highest BCUT2D eigenvalue weighted by Crippen LogP contribution is 2.31. The standard InChI is InChI=1S/C14H17BrN2S/c1-4-12-9(2)18-14(17-12)13(16-3)10-7-5-6-8-11(10)15/h5-8,13,16H,4H2,1-3H3. The number of thiazole rings is 1. The lowest BCUT2D eigenvalue weighted by Gasteiger charge is -2.15. The summed E-state index contributed by atoms with van der Waals surface area (Å²) in [5.74, 6) is 0. The van der Waals surface area contributed by atoms with Gasteiger partial charge in [0.2, 0.25) is 0 Å². The highest BCUT2D eigenvalue weighted by atomic mass is 79.9. The highest BCUT2D eigenvalue weighted by Gasteiger charge is 2.19. The van der Waals surface area contributed by atoms with Crippen LogP contribution in [0.4, 0.5) is 0 Å². The van der Waals surface area contributed by atoms with E-state index < -0.39 is 0 Å². The van der Waals surface area contributed by atoms with E-state index in [1.165, 1.54) is 16.1 Å². The van der Waals surface area contributed by atoms with E-state index in [1.807, 2.05) is 13.1 Å². The Morgan fingerprint density at radius 3 is 2.67 bits per heavy atom. The van der Waals surface area contributed by atoms with Crippen molar-refractivity contribution in [3.8, 4) is 0 Å². The molecule has 2 rings (SSSR count). The van der Waals surface area contributed by atoms with Gasteiger partial charge in [0.25, 0.3) is 0 Å². The lowest BCUT2D eigenvalue weighted by atomic mass is 10.1. The zero-order chi connectivity index (χ0) is 13.1. The number of hydrogen-bond acceptors (Lipinski definition) is 3. The van der Waals surface area contributed by atoms with Crippen molar-refractivity contribution in [1.29, 1.82) is 0 Å². The van der Waals surface area contributed by atoms with E-state index in [-0.39, 0.29) is 6.04 Å². The number of halogens is 1. The smallest absolute Gasteiger partial charge is 0.115 e. The summed E-state index contributed by atoms with van der Waals surface area (Å²) >= 11 is 5.39. The minimum absolute atomic E-state index is 0.157. The van der Waals surface area contributed by atoms with E-state index in [1.54, 1.807) is 11.3 Å². The quantitative estimate of drug-likeness (QED) is 0.916. The minimum atomic E-state index is 0.157. The molecule has 1 aromatic heterocycles. The van der Waals surface area contributed by atoms with Crippen molar-refractivity contribution in [2.45, 2.75) is 26.3 Å². The number of aromatic nitrogens is 1. The molecule has 96 valence electrons. The molecule has 0 saturated carbocycles. The average Bonchev–Trinajstić information content (AvgIpc) is 2.74. The number of nitrogens with one attached hydrogen (secondary N) is 1. The lowest BCUT2D eigenvalue weighted by Crippen LogP contribution is -2.18. The Kier molecular flexibility index (Phi) is 4.54. The second-order valence-corrected chi connectivity index (χ2v) is 6.24. The van der Waals surface area contributed by atoms with Crippen molar-refractivity contribution in [3.63, 3.8) is 0 Å². The van der Waals surface area contributed by atoms with Crippen molar-refractivity contribution >= 4 is 27.3 Å². The number of hydrogen-bond donors (Lipinski definition) is 1. The van der Waals surface area contributed by atoms with Crippen molar-refractivity contribution in [2.24, 2.45) is 0 Å². The zero-order valence-corrected chi connectivity index (χ0v) is 13.2. The number of rotatable bonds is 4. The molecule has 2 nitrogen and oxygen atoms in total. The van der Waals surface area contributed by atoms with Gasteiger partial charge in [0.15, 0.2) is 0 Å². The fourth-order valence-corrected chi connectivity index (χ4v) is 3.68. The van der Waals surface area contributed by atoms with Crippen LogP contribution in [0, 0.1) is 6.92 Å². The summed E-state index contributed by atoms with van der Waals surface area (Å²) in [6.45, 7) is 4.30. The molecule has 18 heavy (non-hydrogen) atoms. The van der Waals surface area contributed by atoms with Crippen molar-refractivity contribution in [2.75, 3.05) is 7.05 Å². The molecule has 2 aromatic rings. The average molecular weight is 325 g/mol. The zero-order valence-electron chi connectivity index (χ0n) is 10.8. The molecule has 1 heterocycles. The maximum absolute atomic E-state index is 4.75. The van der Waals surface area contributed by atoms with Crippen LogP contribution in [0.3, 0.4) is 0 Å². The highest BCUT2D eigenvalue weighted by molar-refractivity contribution is 9.10. The number of nitrogens with zero attached hydrogens (tertiary/aromatic N) is 1. The van der Waals surface area contributed by atoms with Gasteiger partial charge in [-0.15, -0.1) is 11.3 Å². The Hall–Kier alpha value is -0.710. The summed E-state index contributed by atoms with van der Waals surface area (Å²) < 4.78 is 1.12. The van der Waals surface area contributed by atoms with E-state index in [0.29, 0.717) is 0 Å². The van der Waals surface area contributed by atoms with Crippen molar-refractivity contribution in [3.05, 3.63) is 49.9 Å². The summed E-state index contributed by atoms with van der Waals surface area (Å²) in [6, 6.07) is 8.45. The third kappa shape index (κ3) is 2.66. The summed E-state index contributed by atoms with van der Waals surface area (Å²) in [7, 11) is 1.98. The van der Waals surface area contributed by atoms with E-state index in [0.717, 1.165) is 15.9 Å². The Bertz CT molecular complexity index is 536. The van der Waals surface area contributed by atoms with Crippen LogP contribution in [-0.2, 0) is 6.42 Å². The summed E-state index contributed by atoms with van der Waals surface area (Å²) in [5.41, 5.74) is 2.44. The molecule has 1 atom stereocenters. The monoisotopic (exact) mass is 324 g/mol. The molecule has 0 saturated heterocycles. The lowest BCUT2D eigenvalue weighted by molar-refractivity contribution is 0.680. The van der Waals surface area contributed by atoms with Gasteiger partial charge in [0, 0.05) is 9.35 Å².